The van der Waals surface area contributed by atoms with Crippen LogP contribution in [0.2, 0.25) is 0 Å². The smallest absolute Gasteiger partial charge is 0.254 e. The van der Waals surface area contributed by atoms with E-state index in [-0.39, 0.29) is 11.8 Å². The van der Waals surface area contributed by atoms with Crippen molar-refractivity contribution in [3.63, 3.8) is 0 Å². The lowest BCUT2D eigenvalue weighted by molar-refractivity contribution is -0.0885. The number of benzene rings is 1. The number of carbonyl (C=O) groups excluding carboxylic acids is 1. The molecule has 1 N–H and O–H groups in total. The number of rotatable bonds is 1. The van der Waals surface area contributed by atoms with Crippen molar-refractivity contribution in [2.45, 2.75) is 37.7 Å². The largest absolute Gasteiger partial charge is 0.389 e. The molecule has 23 heavy (non-hydrogen) atoms. The summed E-state index contributed by atoms with van der Waals surface area (Å²) in [5.41, 5.74) is 1.33. The molecule has 2 fully saturated rings. The van der Waals surface area contributed by atoms with Gasteiger partial charge in [-0.2, -0.15) is 0 Å². The SMILES string of the molecule is Cn1ccc2c(C(=O)N3CC[C@]4(O)CCCC[C@H]4C3)cccc21. The van der Waals surface area contributed by atoms with Crippen molar-refractivity contribution >= 4 is 16.8 Å². The highest BCUT2D eigenvalue weighted by Gasteiger charge is 2.43. The topological polar surface area (TPSA) is 45.5 Å². The molecule has 2 aromatic rings. The molecular formula is C19H24N2O2. The summed E-state index contributed by atoms with van der Waals surface area (Å²) in [6, 6.07) is 7.94. The van der Waals surface area contributed by atoms with Crippen LogP contribution in [0.3, 0.4) is 0 Å². The molecule has 4 heteroatoms. The van der Waals surface area contributed by atoms with Crippen molar-refractivity contribution in [3.8, 4) is 0 Å². The van der Waals surface area contributed by atoms with Crippen LogP contribution >= 0.6 is 0 Å². The fourth-order valence-electron chi connectivity index (χ4n) is 4.41. The number of fused-ring (bicyclic) bond motifs is 2. The van der Waals surface area contributed by atoms with Crippen molar-refractivity contribution in [1.82, 2.24) is 9.47 Å². The second-order valence-electron chi connectivity index (χ2n) is 7.21. The molecule has 2 heterocycles. The number of piperidine rings is 1. The normalized spacial score (nSPS) is 27.9. The van der Waals surface area contributed by atoms with Crippen LogP contribution < -0.4 is 0 Å². The van der Waals surface area contributed by atoms with Gasteiger partial charge in [0.1, 0.15) is 0 Å². The van der Waals surface area contributed by atoms with E-state index in [0.29, 0.717) is 19.5 Å². The van der Waals surface area contributed by atoms with Gasteiger partial charge in [-0.15, -0.1) is 0 Å². The maximum absolute atomic E-state index is 13.0. The molecule has 122 valence electrons. The van der Waals surface area contributed by atoms with Gasteiger partial charge in [-0.1, -0.05) is 18.9 Å². The molecular weight excluding hydrogens is 288 g/mol. The van der Waals surface area contributed by atoms with Crippen molar-refractivity contribution in [2.24, 2.45) is 13.0 Å². The lowest BCUT2D eigenvalue weighted by Crippen LogP contribution is -2.54. The predicted octanol–water partition coefficient (Wildman–Crippen LogP) is 2.95. The third kappa shape index (κ3) is 2.36. The van der Waals surface area contributed by atoms with Crippen molar-refractivity contribution in [2.75, 3.05) is 13.1 Å². The summed E-state index contributed by atoms with van der Waals surface area (Å²) < 4.78 is 2.04. The number of likely N-dealkylation sites (tertiary alicyclic amines) is 1. The Kier molecular flexibility index (Phi) is 3.45. The van der Waals surface area contributed by atoms with Crippen LogP contribution in [0.1, 0.15) is 42.5 Å². The van der Waals surface area contributed by atoms with Crippen molar-refractivity contribution in [3.05, 3.63) is 36.0 Å². The van der Waals surface area contributed by atoms with Gasteiger partial charge in [0.05, 0.1) is 5.60 Å². The summed E-state index contributed by atoms with van der Waals surface area (Å²) in [5.74, 6) is 0.346. The second kappa shape index (κ2) is 5.38. The minimum absolute atomic E-state index is 0.106. The number of aryl methyl sites for hydroxylation is 1. The Morgan fingerprint density at radius 1 is 1.26 bits per heavy atom. The number of amides is 1. The average molecular weight is 312 g/mol. The molecule has 4 rings (SSSR count). The first-order valence-corrected chi connectivity index (χ1v) is 8.64. The average Bonchev–Trinajstić information content (AvgIpc) is 2.95. The van der Waals surface area contributed by atoms with Gasteiger partial charge in [0.25, 0.3) is 5.91 Å². The Morgan fingerprint density at radius 2 is 2.13 bits per heavy atom. The molecule has 1 aromatic heterocycles. The van der Waals surface area contributed by atoms with E-state index in [4.69, 9.17) is 0 Å². The highest BCUT2D eigenvalue weighted by Crippen LogP contribution is 2.40. The molecule has 1 amide bonds. The van der Waals surface area contributed by atoms with E-state index >= 15 is 0 Å². The summed E-state index contributed by atoms with van der Waals surface area (Å²) in [7, 11) is 2.00. The quantitative estimate of drug-likeness (QED) is 0.880. The van der Waals surface area contributed by atoms with Crippen LogP contribution in [-0.2, 0) is 7.05 Å². The lowest BCUT2D eigenvalue weighted by atomic mass is 9.71. The van der Waals surface area contributed by atoms with E-state index in [2.05, 4.69) is 0 Å². The molecule has 0 spiro atoms. The highest BCUT2D eigenvalue weighted by atomic mass is 16.3. The Labute approximate surface area is 136 Å². The molecule has 0 bridgehead atoms. The van der Waals surface area contributed by atoms with Crippen LogP contribution in [0, 0.1) is 5.92 Å². The molecule has 2 aliphatic rings. The third-order valence-corrected chi connectivity index (χ3v) is 5.87. The number of aromatic nitrogens is 1. The molecule has 1 saturated heterocycles. The highest BCUT2D eigenvalue weighted by molar-refractivity contribution is 6.06. The van der Waals surface area contributed by atoms with Gasteiger partial charge in [0.2, 0.25) is 0 Å². The summed E-state index contributed by atoms with van der Waals surface area (Å²) in [6.07, 6.45) is 6.93. The number of hydrogen-bond acceptors (Lipinski definition) is 2. The van der Waals surface area contributed by atoms with Crippen LogP contribution in [0.15, 0.2) is 30.5 Å². The maximum Gasteiger partial charge on any atom is 0.254 e. The standard InChI is InChI=1S/C19H24N2O2/c1-20-11-8-15-16(6-4-7-17(15)20)18(22)21-12-10-19(23)9-3-2-5-14(19)13-21/h4,6-8,11,14,23H,2-3,5,9-10,12-13H2,1H3/t14-,19+/m0/s1. The van der Waals surface area contributed by atoms with Crippen molar-refractivity contribution in [1.29, 1.82) is 0 Å². The van der Waals surface area contributed by atoms with E-state index in [1.807, 2.05) is 47.0 Å². The van der Waals surface area contributed by atoms with E-state index < -0.39 is 5.60 Å². The van der Waals surface area contributed by atoms with Gasteiger partial charge in [-0.3, -0.25) is 4.79 Å². The lowest BCUT2D eigenvalue weighted by Gasteiger charge is -2.47. The van der Waals surface area contributed by atoms with Crippen LogP contribution in [0.4, 0.5) is 0 Å². The number of aliphatic hydroxyl groups is 1. The van der Waals surface area contributed by atoms with Crippen LogP contribution in [0.5, 0.6) is 0 Å². The van der Waals surface area contributed by atoms with E-state index in [1.54, 1.807) is 0 Å². The second-order valence-corrected chi connectivity index (χ2v) is 7.21. The van der Waals surface area contributed by atoms with Gasteiger partial charge in [0.15, 0.2) is 0 Å². The Bertz CT molecular complexity index is 751. The summed E-state index contributed by atoms with van der Waals surface area (Å²) in [4.78, 5) is 15.0. The Balaban J connectivity index is 1.62. The molecule has 1 aliphatic heterocycles. The zero-order valence-corrected chi connectivity index (χ0v) is 13.7. The van der Waals surface area contributed by atoms with E-state index in [9.17, 15) is 9.90 Å². The maximum atomic E-state index is 13.0. The molecule has 0 unspecified atom stereocenters. The van der Waals surface area contributed by atoms with E-state index in [1.165, 1.54) is 6.42 Å². The fourth-order valence-corrected chi connectivity index (χ4v) is 4.41. The van der Waals surface area contributed by atoms with Crippen molar-refractivity contribution < 1.29 is 9.90 Å². The van der Waals surface area contributed by atoms with Gasteiger partial charge < -0.3 is 14.6 Å². The third-order valence-electron chi connectivity index (χ3n) is 5.87. The van der Waals surface area contributed by atoms with Gasteiger partial charge in [-0.05, 0) is 37.5 Å². The molecule has 2 atom stereocenters. The summed E-state index contributed by atoms with van der Waals surface area (Å²) in [6.45, 7) is 1.35. The van der Waals surface area contributed by atoms with Crippen LogP contribution in [-0.4, -0.2) is 39.2 Å². The first-order chi connectivity index (χ1) is 11.1. The zero-order chi connectivity index (χ0) is 16.0. The Morgan fingerprint density at radius 3 is 3.00 bits per heavy atom. The summed E-state index contributed by atoms with van der Waals surface area (Å²) in [5, 5.41) is 11.8. The molecule has 1 aromatic carbocycles. The van der Waals surface area contributed by atoms with Gasteiger partial charge >= 0.3 is 0 Å². The summed E-state index contributed by atoms with van der Waals surface area (Å²) >= 11 is 0. The first-order valence-electron chi connectivity index (χ1n) is 8.64. The van der Waals surface area contributed by atoms with Gasteiger partial charge in [0, 0.05) is 48.7 Å². The molecule has 4 nitrogen and oxygen atoms in total. The molecule has 0 radical (unpaired) electrons. The Hall–Kier alpha value is -1.81. The number of nitrogens with zero attached hydrogens (tertiary/aromatic N) is 2. The zero-order valence-electron chi connectivity index (χ0n) is 13.7. The molecule has 1 saturated carbocycles. The fraction of sp³-hybridized carbons (Fsp3) is 0.526. The minimum atomic E-state index is -0.534. The monoisotopic (exact) mass is 312 g/mol. The molecule has 1 aliphatic carbocycles. The first kappa shape index (κ1) is 14.8. The number of carbonyl (C=O) groups is 1. The predicted molar refractivity (Wildman–Crippen MR) is 90.3 cm³/mol. The van der Waals surface area contributed by atoms with Crippen LogP contribution in [0.25, 0.3) is 10.9 Å². The van der Waals surface area contributed by atoms with E-state index in [0.717, 1.165) is 35.7 Å². The van der Waals surface area contributed by atoms with Gasteiger partial charge in [-0.25, -0.2) is 0 Å². The number of hydrogen-bond donors (Lipinski definition) is 1. The minimum Gasteiger partial charge on any atom is -0.389 e.